The normalized spacial score (nSPS) is 20.5. The Morgan fingerprint density at radius 2 is 1.37 bits per heavy atom. The van der Waals surface area contributed by atoms with Crippen molar-refractivity contribution in [3.63, 3.8) is 0 Å². The van der Waals surface area contributed by atoms with Gasteiger partial charge in [0.15, 0.2) is 11.6 Å². The number of carbonyl (C=O) groups excluding carboxylic acids is 2. The summed E-state index contributed by atoms with van der Waals surface area (Å²) in [6.45, 7) is 5.67. The number of carbonyl (C=O) groups is 2. The van der Waals surface area contributed by atoms with Crippen LogP contribution in [0.4, 0.5) is 8.78 Å². The van der Waals surface area contributed by atoms with Gasteiger partial charge in [-0.05, 0) is 54.8 Å². The Morgan fingerprint density at radius 3 is 1.86 bits per heavy atom. The standard InChI is InChI=1S/C29H30F2N2O2/c1-18-6-3-11-24(19(18)2)27-25(28(34)20-7-4-9-22(30)14-20)16-33(13-12-32)17-26(27)29(35)21-8-5-10-23(31)15-21/h3-11,14-15,25-27H,12-13,16-17,32H2,1-2H3. The molecule has 2 unspecified atom stereocenters. The van der Waals surface area contributed by atoms with Gasteiger partial charge in [-0.25, -0.2) is 8.78 Å². The number of piperidine rings is 1. The minimum absolute atomic E-state index is 0.214. The topological polar surface area (TPSA) is 63.4 Å². The molecule has 1 heterocycles. The molecular weight excluding hydrogens is 446 g/mol. The molecule has 2 N–H and O–H groups in total. The number of aryl methyl sites for hydroxylation is 1. The van der Waals surface area contributed by atoms with E-state index in [1.807, 2.05) is 36.9 Å². The van der Waals surface area contributed by atoms with E-state index in [2.05, 4.69) is 0 Å². The second-order valence-electron chi connectivity index (χ2n) is 9.33. The molecule has 1 saturated heterocycles. The highest BCUT2D eigenvalue weighted by molar-refractivity contribution is 6.02. The molecule has 0 bridgehead atoms. The van der Waals surface area contributed by atoms with Gasteiger partial charge in [0, 0.05) is 55.1 Å². The lowest BCUT2D eigenvalue weighted by Gasteiger charge is -2.43. The minimum atomic E-state index is -0.597. The van der Waals surface area contributed by atoms with Crippen molar-refractivity contribution in [2.75, 3.05) is 26.2 Å². The molecule has 1 aliphatic heterocycles. The zero-order chi connectivity index (χ0) is 25.1. The Labute approximate surface area is 204 Å². The number of benzene rings is 3. The van der Waals surface area contributed by atoms with E-state index in [9.17, 15) is 18.4 Å². The maximum Gasteiger partial charge on any atom is 0.167 e. The SMILES string of the molecule is Cc1cccc(C2C(C(=O)c3cccc(F)c3)CN(CCN)CC2C(=O)c2cccc(F)c2)c1C. The van der Waals surface area contributed by atoms with Gasteiger partial charge in [-0.3, -0.25) is 9.59 Å². The fraction of sp³-hybridized carbons (Fsp3) is 0.310. The predicted octanol–water partition coefficient (Wildman–Crippen LogP) is 4.94. The van der Waals surface area contributed by atoms with Gasteiger partial charge >= 0.3 is 0 Å². The van der Waals surface area contributed by atoms with E-state index < -0.39 is 29.4 Å². The Balaban J connectivity index is 1.86. The molecule has 182 valence electrons. The number of likely N-dealkylation sites (tertiary alicyclic amines) is 1. The number of nitrogens with zero attached hydrogens (tertiary/aromatic N) is 1. The molecule has 6 heteroatoms. The van der Waals surface area contributed by atoms with Crippen molar-refractivity contribution in [3.8, 4) is 0 Å². The van der Waals surface area contributed by atoms with Crippen molar-refractivity contribution in [2.24, 2.45) is 17.6 Å². The zero-order valence-electron chi connectivity index (χ0n) is 20.0. The van der Waals surface area contributed by atoms with Crippen LogP contribution in [0.15, 0.2) is 66.7 Å². The molecule has 0 aliphatic carbocycles. The molecular formula is C29H30F2N2O2. The molecule has 0 amide bonds. The predicted molar refractivity (Wildman–Crippen MR) is 133 cm³/mol. The molecule has 4 nitrogen and oxygen atoms in total. The highest BCUT2D eigenvalue weighted by atomic mass is 19.1. The van der Waals surface area contributed by atoms with Gasteiger partial charge < -0.3 is 10.6 Å². The van der Waals surface area contributed by atoms with E-state index in [1.54, 1.807) is 12.1 Å². The first-order valence-electron chi connectivity index (χ1n) is 11.9. The molecule has 4 rings (SSSR count). The fourth-order valence-corrected chi connectivity index (χ4v) is 5.28. The fourth-order valence-electron chi connectivity index (χ4n) is 5.28. The number of Topliss-reactive ketones (excluding diaryl/α,β-unsaturated/α-hetero) is 2. The Kier molecular flexibility index (Phi) is 7.53. The largest absolute Gasteiger partial charge is 0.329 e. The van der Waals surface area contributed by atoms with Crippen LogP contribution >= 0.6 is 0 Å². The number of hydrogen-bond acceptors (Lipinski definition) is 4. The van der Waals surface area contributed by atoms with Crippen molar-refractivity contribution in [1.82, 2.24) is 4.90 Å². The van der Waals surface area contributed by atoms with Crippen molar-refractivity contribution in [3.05, 3.63) is 106 Å². The molecule has 0 radical (unpaired) electrons. The number of ketones is 2. The summed E-state index contributed by atoms with van der Waals surface area (Å²) in [6, 6.07) is 17.2. The molecule has 1 aliphatic rings. The van der Waals surface area contributed by atoms with Gasteiger partial charge in [-0.15, -0.1) is 0 Å². The Morgan fingerprint density at radius 1 is 0.857 bits per heavy atom. The maximum atomic E-state index is 14.0. The van der Waals surface area contributed by atoms with Gasteiger partial charge in [0.1, 0.15) is 11.6 Å². The summed E-state index contributed by atoms with van der Waals surface area (Å²) in [5.41, 5.74) is 9.38. The van der Waals surface area contributed by atoms with Crippen LogP contribution in [0.1, 0.15) is 43.3 Å². The van der Waals surface area contributed by atoms with Crippen LogP contribution in [0.2, 0.25) is 0 Å². The molecule has 3 aromatic carbocycles. The first kappa shape index (κ1) is 24.9. The summed E-state index contributed by atoms with van der Waals surface area (Å²) in [5, 5.41) is 0. The highest BCUT2D eigenvalue weighted by Crippen LogP contribution is 2.42. The van der Waals surface area contributed by atoms with Crippen LogP contribution in [-0.2, 0) is 0 Å². The van der Waals surface area contributed by atoms with Gasteiger partial charge in [0.25, 0.3) is 0 Å². The minimum Gasteiger partial charge on any atom is -0.329 e. The third kappa shape index (κ3) is 5.24. The Hall–Kier alpha value is -3.22. The maximum absolute atomic E-state index is 14.0. The lowest BCUT2D eigenvalue weighted by atomic mass is 9.67. The number of nitrogens with two attached hydrogens (primary N) is 1. The summed E-state index contributed by atoms with van der Waals surface area (Å²) >= 11 is 0. The first-order chi connectivity index (χ1) is 16.8. The smallest absolute Gasteiger partial charge is 0.167 e. The quantitative estimate of drug-likeness (QED) is 0.491. The van der Waals surface area contributed by atoms with E-state index in [1.165, 1.54) is 36.4 Å². The van der Waals surface area contributed by atoms with E-state index in [0.717, 1.165) is 16.7 Å². The lowest BCUT2D eigenvalue weighted by Crippen LogP contribution is -2.51. The van der Waals surface area contributed by atoms with Crippen LogP contribution in [0.25, 0.3) is 0 Å². The molecule has 35 heavy (non-hydrogen) atoms. The van der Waals surface area contributed by atoms with Gasteiger partial charge in [0.05, 0.1) is 0 Å². The van der Waals surface area contributed by atoms with Crippen molar-refractivity contribution < 1.29 is 18.4 Å². The van der Waals surface area contributed by atoms with Crippen LogP contribution in [0.5, 0.6) is 0 Å². The number of halogens is 2. The number of hydrogen-bond donors (Lipinski definition) is 1. The molecule has 3 aromatic rings. The van der Waals surface area contributed by atoms with Gasteiger partial charge in [-0.1, -0.05) is 42.5 Å². The average Bonchev–Trinajstić information content (AvgIpc) is 2.85. The van der Waals surface area contributed by atoms with Crippen LogP contribution < -0.4 is 5.73 Å². The second kappa shape index (κ2) is 10.6. The van der Waals surface area contributed by atoms with E-state index in [0.29, 0.717) is 26.2 Å². The molecule has 0 spiro atoms. The van der Waals surface area contributed by atoms with E-state index in [-0.39, 0.29) is 22.7 Å². The van der Waals surface area contributed by atoms with Crippen molar-refractivity contribution >= 4 is 11.6 Å². The van der Waals surface area contributed by atoms with Gasteiger partial charge in [0.2, 0.25) is 0 Å². The summed E-state index contributed by atoms with van der Waals surface area (Å²) in [5.74, 6) is -3.04. The number of rotatable bonds is 7. The first-order valence-corrected chi connectivity index (χ1v) is 11.9. The third-order valence-electron chi connectivity index (χ3n) is 7.12. The summed E-state index contributed by atoms with van der Waals surface area (Å²) < 4.78 is 28.0. The summed E-state index contributed by atoms with van der Waals surface area (Å²) in [6.07, 6.45) is 0. The third-order valence-corrected chi connectivity index (χ3v) is 7.12. The summed E-state index contributed by atoms with van der Waals surface area (Å²) in [7, 11) is 0. The molecule has 0 aromatic heterocycles. The van der Waals surface area contributed by atoms with E-state index >= 15 is 0 Å². The second-order valence-corrected chi connectivity index (χ2v) is 9.33. The van der Waals surface area contributed by atoms with Crippen molar-refractivity contribution in [1.29, 1.82) is 0 Å². The lowest BCUT2D eigenvalue weighted by molar-refractivity contribution is 0.0578. The van der Waals surface area contributed by atoms with E-state index in [4.69, 9.17) is 5.73 Å². The van der Waals surface area contributed by atoms with Crippen LogP contribution in [-0.4, -0.2) is 42.6 Å². The van der Waals surface area contributed by atoms with Crippen LogP contribution in [0.3, 0.4) is 0 Å². The highest BCUT2D eigenvalue weighted by Gasteiger charge is 2.45. The van der Waals surface area contributed by atoms with Gasteiger partial charge in [-0.2, -0.15) is 0 Å². The monoisotopic (exact) mass is 476 g/mol. The molecule has 0 saturated carbocycles. The van der Waals surface area contributed by atoms with Crippen LogP contribution in [0, 0.1) is 37.3 Å². The molecule has 1 fully saturated rings. The Bertz CT molecular complexity index is 1180. The zero-order valence-corrected chi connectivity index (χ0v) is 20.0. The summed E-state index contributed by atoms with van der Waals surface area (Å²) in [4.78, 5) is 29.7. The van der Waals surface area contributed by atoms with Crippen molar-refractivity contribution in [2.45, 2.75) is 19.8 Å². The molecule has 2 atom stereocenters. The average molecular weight is 477 g/mol.